The molecule has 17 aliphatic rings. The minimum Gasteiger partial charge on any atom is -0.469 e. The standard InChI is InChI=1S/C24H27NO4.C24H30O6.C24H30O5.C2H3Cl3O.CH4/c1-21-8-5-16(26)19-20(28)13(11-23(19,21)12-25)18-14(21)3-7-22(2)15(18)4-9-24(22)10-6-17(27)29-24;1-21-7-4-14(25)10-13(21)11-15(20(27)28-3)19-16-5-8-23(9-6-18(26)30-23)22(16,2)12-17-24(19,21)29-17;1-22-8-4-15(25)12-14(22)13-16(21(27)28-3)20-17(22)5-9-23(2)18(20)6-10-24(23)11-7-19(26)29-24;1-6-2(3,4)5;/h3,13,15,18-19H,4-11H2,1-2H3;10,15-17,19H,4-9,11-12H2,1-3H3;5,12,16,18,20H,4,6-11,13H2,1-3H3;1H3;1H4/t;15?,16?,17?,19?,21?,22?,23-,24?;16?,18?,20?,22?,23?,24-;;/m.11../s1. The van der Waals surface area contributed by atoms with Gasteiger partial charge in [-0.15, -0.1) is 0 Å². The molecule has 13 aliphatic carbocycles. The summed E-state index contributed by atoms with van der Waals surface area (Å²) in [6.45, 7) is 13.4. The molecule has 0 amide bonds. The fourth-order valence-corrected chi connectivity index (χ4v) is 25.1. The van der Waals surface area contributed by atoms with Crippen molar-refractivity contribution in [3.05, 3.63) is 46.6 Å². The van der Waals surface area contributed by atoms with E-state index in [1.807, 2.05) is 0 Å². The average molecular weight is 1370 g/mol. The van der Waals surface area contributed by atoms with Crippen LogP contribution < -0.4 is 0 Å². The van der Waals surface area contributed by atoms with Crippen molar-refractivity contribution in [1.82, 2.24) is 0 Å². The summed E-state index contributed by atoms with van der Waals surface area (Å²) in [7, 11) is 4.22. The van der Waals surface area contributed by atoms with Crippen molar-refractivity contribution in [1.29, 1.82) is 5.26 Å². The molecule has 4 saturated heterocycles. The number of ether oxygens (including phenoxy) is 7. The molecule has 20 unspecified atom stereocenters. The summed E-state index contributed by atoms with van der Waals surface area (Å²) in [5, 5.41) is 10.3. The molecular formula is C75H94Cl3NO16. The van der Waals surface area contributed by atoms with Crippen LogP contribution in [-0.2, 0) is 76.3 Å². The predicted octanol–water partition coefficient (Wildman–Crippen LogP) is 13.2. The summed E-state index contributed by atoms with van der Waals surface area (Å²) in [4.78, 5) is 113. The number of carbonyl (C=O) groups is 9. The van der Waals surface area contributed by atoms with Gasteiger partial charge in [0.2, 0.25) is 0 Å². The average Bonchev–Trinajstić information content (AvgIpc) is 1.48. The maximum absolute atomic E-state index is 13.5. The first-order valence-electron chi connectivity index (χ1n) is 34.7. The monoisotopic (exact) mass is 1370 g/mol. The molecule has 22 atom stereocenters. The van der Waals surface area contributed by atoms with Crippen LogP contribution in [0.4, 0.5) is 0 Å². The van der Waals surface area contributed by atoms with E-state index < -0.39 is 43.1 Å². The predicted molar refractivity (Wildman–Crippen MR) is 347 cm³/mol. The minimum atomic E-state index is -1.54. The molecule has 17 nitrogen and oxygen atoms in total. The Morgan fingerprint density at radius 1 is 0.579 bits per heavy atom. The summed E-state index contributed by atoms with van der Waals surface area (Å²) >= 11 is 15.1. The largest absolute Gasteiger partial charge is 0.469 e. The number of methoxy groups -OCH3 is 3. The van der Waals surface area contributed by atoms with Crippen molar-refractivity contribution < 1.29 is 76.3 Å². The van der Waals surface area contributed by atoms with Crippen molar-refractivity contribution in [3.8, 4) is 6.07 Å². The van der Waals surface area contributed by atoms with Crippen LogP contribution in [0.3, 0.4) is 0 Å². The molecule has 17 rings (SSSR count). The van der Waals surface area contributed by atoms with Gasteiger partial charge in [-0.25, -0.2) is 0 Å². The van der Waals surface area contributed by atoms with Gasteiger partial charge in [0, 0.05) is 90.0 Å². The fourth-order valence-electron chi connectivity index (χ4n) is 25.1. The van der Waals surface area contributed by atoms with E-state index in [0.717, 1.165) is 101 Å². The molecule has 0 aromatic heterocycles. The molecule has 4 heterocycles. The Morgan fingerprint density at radius 2 is 1.06 bits per heavy atom. The highest BCUT2D eigenvalue weighted by Crippen LogP contribution is 2.80. The van der Waals surface area contributed by atoms with E-state index in [9.17, 15) is 48.4 Å². The van der Waals surface area contributed by atoms with Crippen molar-refractivity contribution in [3.63, 3.8) is 0 Å². The summed E-state index contributed by atoms with van der Waals surface area (Å²) in [6.07, 6.45) is 25.5. The molecule has 2 bridgehead atoms. The first-order valence-corrected chi connectivity index (χ1v) is 35.8. The lowest BCUT2D eigenvalue weighted by Gasteiger charge is -2.58. The molecule has 0 aromatic rings. The van der Waals surface area contributed by atoms with Gasteiger partial charge in [0.1, 0.15) is 34.0 Å². The van der Waals surface area contributed by atoms with Crippen molar-refractivity contribution >= 4 is 87.8 Å². The highest BCUT2D eigenvalue weighted by molar-refractivity contribution is 6.66. The van der Waals surface area contributed by atoms with Crippen LogP contribution in [0.2, 0.25) is 0 Å². The number of hydrogen-bond acceptors (Lipinski definition) is 17. The number of fused-ring (bicyclic) bond motifs is 17. The highest BCUT2D eigenvalue weighted by Gasteiger charge is 2.84. The summed E-state index contributed by atoms with van der Waals surface area (Å²) in [6, 6.07) is 2.52. The maximum atomic E-state index is 13.5. The highest BCUT2D eigenvalue weighted by atomic mass is 35.6. The van der Waals surface area contributed by atoms with Crippen LogP contribution in [0.5, 0.6) is 0 Å². The Labute approximate surface area is 572 Å². The number of carbonyl (C=O) groups excluding carboxylic acids is 9. The van der Waals surface area contributed by atoms with Gasteiger partial charge in [0.25, 0.3) is 3.98 Å². The van der Waals surface area contributed by atoms with E-state index in [4.69, 9.17) is 63.2 Å². The number of nitriles is 1. The third-order valence-electron chi connectivity index (χ3n) is 30.1. The van der Waals surface area contributed by atoms with Gasteiger partial charge in [-0.2, -0.15) is 5.26 Å². The van der Waals surface area contributed by atoms with Crippen LogP contribution in [-0.4, -0.2) is 107 Å². The number of epoxide rings is 1. The van der Waals surface area contributed by atoms with Crippen LogP contribution in [0, 0.1) is 108 Å². The second kappa shape index (κ2) is 22.6. The topological polar surface area (TPSA) is 245 Å². The molecule has 0 aromatic carbocycles. The van der Waals surface area contributed by atoms with Crippen LogP contribution in [0.15, 0.2) is 46.6 Å². The summed E-state index contributed by atoms with van der Waals surface area (Å²) in [5.74, 6) is -0.925. The molecule has 4 spiro atoms. The number of Topliss-reactive ketones (excluding diaryl/α,β-unsaturated/α-hetero) is 2. The second-order valence-corrected chi connectivity index (χ2v) is 35.0. The first kappa shape index (κ1) is 68.8. The molecule has 9 saturated carbocycles. The van der Waals surface area contributed by atoms with Gasteiger partial charge in [0.15, 0.2) is 11.6 Å². The first-order chi connectivity index (χ1) is 44.2. The van der Waals surface area contributed by atoms with Gasteiger partial charge in [0.05, 0.1) is 49.6 Å². The van der Waals surface area contributed by atoms with Crippen LogP contribution in [0.1, 0.15) is 203 Å². The maximum Gasteiger partial charge on any atom is 0.309 e. The van der Waals surface area contributed by atoms with Gasteiger partial charge in [-0.05, 0) is 157 Å². The molecule has 13 fully saturated rings. The molecular weight excluding hydrogens is 1280 g/mol. The fraction of sp³-hybridized carbons (Fsp3) is 0.760. The second-order valence-electron chi connectivity index (χ2n) is 32.8. The Balaban J connectivity index is 0.000000123. The minimum absolute atomic E-state index is 0. The Hall–Kier alpha value is -4.73. The number of esters is 5. The number of halogens is 3. The number of alkyl halides is 3. The smallest absolute Gasteiger partial charge is 0.309 e. The number of ketones is 4. The molecule has 4 aliphatic heterocycles. The van der Waals surface area contributed by atoms with Gasteiger partial charge in [-0.1, -0.05) is 118 Å². The van der Waals surface area contributed by atoms with E-state index >= 15 is 0 Å². The lowest BCUT2D eigenvalue weighted by molar-refractivity contribution is -0.172. The zero-order chi connectivity index (χ0) is 67.3. The SMILES string of the molecule is C.CC12CCC(=O)C3C(=O)C(CC31C#N)C1C2=CCC2(C)C1CCC21CCC(=O)O1.COC(=O)C1CC2=CC(=O)CCC2(C)C23OC2CC2(C)C(CC[C@@]24CCC(=O)O4)C13.COC(=O)C1CC2=CC(=O)CCC2(C)C2=CCC3(C)C(CC[C@@]34CCC(=O)O4)C21.COC(Cl)(Cl)Cl. The third kappa shape index (κ3) is 9.17. The summed E-state index contributed by atoms with van der Waals surface area (Å²) < 4.78 is 37.8. The Bertz CT molecular complexity index is 3580. The van der Waals surface area contributed by atoms with Gasteiger partial charge >= 0.3 is 29.8 Å². The van der Waals surface area contributed by atoms with E-state index in [1.165, 1.54) is 32.5 Å². The van der Waals surface area contributed by atoms with E-state index in [1.54, 1.807) is 12.2 Å². The number of hydrogen-bond donors (Lipinski definition) is 0. The van der Waals surface area contributed by atoms with E-state index in [0.29, 0.717) is 64.2 Å². The zero-order valence-corrected chi connectivity index (χ0v) is 58.0. The zero-order valence-electron chi connectivity index (χ0n) is 55.7. The quantitative estimate of drug-likeness (QED) is 0.0623. The van der Waals surface area contributed by atoms with Crippen molar-refractivity contribution in [2.45, 2.75) is 236 Å². The van der Waals surface area contributed by atoms with E-state index in [-0.39, 0.29) is 147 Å². The van der Waals surface area contributed by atoms with Crippen molar-refractivity contribution in [2.24, 2.45) is 97.1 Å². The molecule has 20 heteroatoms. The Kier molecular flexibility index (Phi) is 16.4. The normalized spacial score (nSPS) is 48.2. The molecule has 0 radical (unpaired) electrons. The number of rotatable bonds is 2. The lowest BCUT2D eigenvalue weighted by atomic mass is 9.43. The van der Waals surface area contributed by atoms with Crippen LogP contribution >= 0.6 is 34.8 Å². The molecule has 0 N–H and O–H groups in total. The number of allylic oxidation sites excluding steroid dienone is 6. The van der Waals surface area contributed by atoms with Crippen LogP contribution in [0.25, 0.3) is 0 Å². The van der Waals surface area contributed by atoms with Gasteiger partial charge < -0.3 is 33.2 Å². The molecule has 95 heavy (non-hydrogen) atoms. The number of nitrogens with zero attached hydrogens (tertiary/aromatic N) is 1. The molecule has 516 valence electrons. The van der Waals surface area contributed by atoms with Gasteiger partial charge in [-0.3, -0.25) is 43.2 Å². The summed E-state index contributed by atoms with van der Waals surface area (Å²) in [5.41, 5.74) is 0.967. The van der Waals surface area contributed by atoms with E-state index in [2.05, 4.69) is 64.5 Å². The third-order valence-corrected chi connectivity index (χ3v) is 30.6. The lowest BCUT2D eigenvalue weighted by Crippen LogP contribution is -2.63. The Morgan fingerprint density at radius 3 is 1.59 bits per heavy atom. The van der Waals surface area contributed by atoms with Crippen molar-refractivity contribution in [2.75, 3.05) is 21.3 Å².